The normalized spacial score (nSPS) is 15.9. The Morgan fingerprint density at radius 3 is 2.60 bits per heavy atom. The van der Waals surface area contributed by atoms with Crippen LogP contribution in [0.4, 0.5) is 0 Å². The van der Waals surface area contributed by atoms with Crippen molar-refractivity contribution in [3.63, 3.8) is 0 Å². The largest absolute Gasteiger partial charge is 0.465 e. The van der Waals surface area contributed by atoms with Crippen molar-refractivity contribution in [3.8, 4) is 11.3 Å². The van der Waals surface area contributed by atoms with E-state index in [9.17, 15) is 9.59 Å². The van der Waals surface area contributed by atoms with Crippen molar-refractivity contribution in [1.82, 2.24) is 4.90 Å². The minimum Gasteiger partial charge on any atom is -0.465 e. The average molecular weight is 373 g/mol. The van der Waals surface area contributed by atoms with E-state index in [-0.39, 0.29) is 11.9 Å². The minimum atomic E-state index is -0.385. The van der Waals surface area contributed by atoms with E-state index >= 15 is 0 Å². The lowest BCUT2D eigenvalue weighted by Crippen LogP contribution is -2.27. The molecular weight excluding hydrogens is 358 g/mol. The Kier molecular flexibility index (Phi) is 5.06. The second-order valence-electron chi connectivity index (χ2n) is 5.20. The van der Waals surface area contributed by atoms with Crippen LogP contribution in [0.3, 0.4) is 0 Å². The predicted octanol–water partition coefficient (Wildman–Crippen LogP) is 3.95. The third-order valence-corrected chi connectivity index (χ3v) is 5.06. The molecule has 0 aliphatic carbocycles. The van der Waals surface area contributed by atoms with Crippen LogP contribution in [-0.4, -0.2) is 34.8 Å². The molecule has 0 atom stereocenters. The fraction of sp³-hybridized carbons (Fsp3) is 0.167. The van der Waals surface area contributed by atoms with Gasteiger partial charge in [0.25, 0.3) is 5.91 Å². The summed E-state index contributed by atoms with van der Waals surface area (Å²) < 4.78 is 11.0. The Morgan fingerprint density at radius 1 is 1.28 bits per heavy atom. The van der Waals surface area contributed by atoms with Gasteiger partial charge in [0, 0.05) is 18.2 Å². The van der Waals surface area contributed by atoms with Gasteiger partial charge in [-0.3, -0.25) is 9.69 Å². The highest BCUT2D eigenvalue weighted by molar-refractivity contribution is 8.26. The van der Waals surface area contributed by atoms with Gasteiger partial charge in [0.2, 0.25) is 0 Å². The summed E-state index contributed by atoms with van der Waals surface area (Å²) in [5.41, 5.74) is 1.30. The number of ether oxygens (including phenoxy) is 1. The van der Waals surface area contributed by atoms with E-state index in [0.717, 1.165) is 5.56 Å². The van der Waals surface area contributed by atoms with Crippen LogP contribution in [0.1, 0.15) is 23.0 Å². The Bertz CT molecular complexity index is 867. The number of hydrogen-bond donors (Lipinski definition) is 0. The summed E-state index contributed by atoms with van der Waals surface area (Å²) in [5.74, 6) is 0.736. The van der Waals surface area contributed by atoms with Gasteiger partial charge in [-0.05, 0) is 31.2 Å². The molecule has 1 aromatic carbocycles. The molecule has 1 amide bonds. The molecule has 5 nitrogen and oxygen atoms in total. The van der Waals surface area contributed by atoms with E-state index in [1.54, 1.807) is 41.3 Å². The number of carbonyl (C=O) groups excluding carboxylic acids is 2. The molecule has 0 unspecified atom stereocenters. The van der Waals surface area contributed by atoms with Crippen LogP contribution in [0, 0.1) is 0 Å². The maximum Gasteiger partial charge on any atom is 0.337 e. The van der Waals surface area contributed by atoms with Crippen LogP contribution in [0.2, 0.25) is 0 Å². The molecule has 2 aromatic rings. The third kappa shape index (κ3) is 3.52. The van der Waals surface area contributed by atoms with Gasteiger partial charge in [-0.2, -0.15) is 0 Å². The standard InChI is InChI=1S/C18H15NO4S2/c1-3-19-16(20)15(25-18(19)24)10-13-8-9-14(23-13)11-4-6-12(7-5-11)17(21)22-2/h4-10H,3H2,1-2H3/b15-10+. The summed E-state index contributed by atoms with van der Waals surface area (Å²) in [4.78, 5) is 25.8. The molecule has 1 aliphatic heterocycles. The molecule has 0 bridgehead atoms. The average Bonchev–Trinajstić information content (AvgIpc) is 3.19. The second-order valence-corrected chi connectivity index (χ2v) is 6.87. The van der Waals surface area contributed by atoms with Gasteiger partial charge in [0.1, 0.15) is 15.8 Å². The predicted molar refractivity (Wildman–Crippen MR) is 101 cm³/mol. The van der Waals surface area contributed by atoms with Gasteiger partial charge >= 0.3 is 5.97 Å². The number of methoxy groups -OCH3 is 1. The first-order valence-electron chi connectivity index (χ1n) is 7.57. The zero-order valence-electron chi connectivity index (χ0n) is 13.6. The summed E-state index contributed by atoms with van der Waals surface area (Å²) in [5, 5.41) is 0. The van der Waals surface area contributed by atoms with Crippen molar-refractivity contribution in [1.29, 1.82) is 0 Å². The van der Waals surface area contributed by atoms with Crippen molar-refractivity contribution >= 4 is 46.3 Å². The lowest BCUT2D eigenvalue weighted by atomic mass is 10.1. The van der Waals surface area contributed by atoms with E-state index in [1.807, 2.05) is 13.0 Å². The number of nitrogens with zero attached hydrogens (tertiary/aromatic N) is 1. The van der Waals surface area contributed by atoms with Crippen molar-refractivity contribution in [3.05, 3.63) is 52.6 Å². The number of furan rings is 1. The number of carbonyl (C=O) groups is 2. The Hall–Kier alpha value is -2.38. The van der Waals surface area contributed by atoms with Gasteiger partial charge in [-0.25, -0.2) is 4.79 Å². The topological polar surface area (TPSA) is 59.8 Å². The number of rotatable bonds is 4. The summed E-state index contributed by atoms with van der Waals surface area (Å²) in [6.07, 6.45) is 1.70. The molecule has 1 aliphatic rings. The summed E-state index contributed by atoms with van der Waals surface area (Å²) in [6, 6.07) is 10.5. The number of esters is 1. The Labute approximate surface area is 154 Å². The number of hydrogen-bond acceptors (Lipinski definition) is 6. The molecule has 1 aromatic heterocycles. The number of likely N-dealkylation sites (N-methyl/N-ethyl adjacent to an activating group) is 1. The van der Waals surface area contributed by atoms with Gasteiger partial charge in [0.15, 0.2) is 0 Å². The number of thioether (sulfide) groups is 1. The van der Waals surface area contributed by atoms with Crippen molar-refractivity contribution in [2.24, 2.45) is 0 Å². The molecule has 0 saturated carbocycles. The van der Waals surface area contributed by atoms with Gasteiger partial charge in [-0.15, -0.1) is 0 Å². The lowest BCUT2D eigenvalue weighted by Gasteiger charge is -2.09. The monoisotopic (exact) mass is 373 g/mol. The summed E-state index contributed by atoms with van der Waals surface area (Å²) in [6.45, 7) is 2.44. The molecule has 1 fully saturated rings. The number of thiocarbonyl (C=S) groups is 1. The van der Waals surface area contributed by atoms with Crippen LogP contribution >= 0.6 is 24.0 Å². The molecule has 0 radical (unpaired) electrons. The second kappa shape index (κ2) is 7.25. The van der Waals surface area contributed by atoms with E-state index in [2.05, 4.69) is 4.74 Å². The fourth-order valence-corrected chi connectivity index (χ4v) is 3.74. The van der Waals surface area contributed by atoms with Crippen LogP contribution in [0.25, 0.3) is 17.4 Å². The summed E-state index contributed by atoms with van der Waals surface area (Å²) in [7, 11) is 1.34. The lowest BCUT2D eigenvalue weighted by molar-refractivity contribution is -0.122. The highest BCUT2D eigenvalue weighted by Gasteiger charge is 2.30. The number of benzene rings is 1. The first-order valence-corrected chi connectivity index (χ1v) is 8.80. The molecule has 3 rings (SSSR count). The first-order chi connectivity index (χ1) is 12.0. The van der Waals surface area contributed by atoms with E-state index in [4.69, 9.17) is 16.6 Å². The Morgan fingerprint density at radius 2 is 2.00 bits per heavy atom. The molecule has 1 saturated heterocycles. The van der Waals surface area contributed by atoms with Gasteiger partial charge in [0.05, 0.1) is 17.6 Å². The quantitative estimate of drug-likeness (QED) is 0.459. The number of amides is 1. The van der Waals surface area contributed by atoms with E-state index in [1.165, 1.54) is 18.9 Å². The minimum absolute atomic E-state index is 0.0992. The maximum absolute atomic E-state index is 12.2. The zero-order chi connectivity index (χ0) is 18.0. The molecular formula is C18H15NO4S2. The highest BCUT2D eigenvalue weighted by atomic mass is 32.2. The smallest absolute Gasteiger partial charge is 0.337 e. The third-order valence-electron chi connectivity index (χ3n) is 3.68. The molecule has 128 valence electrons. The van der Waals surface area contributed by atoms with Crippen molar-refractivity contribution < 1.29 is 18.7 Å². The summed E-state index contributed by atoms with van der Waals surface area (Å²) >= 11 is 6.47. The van der Waals surface area contributed by atoms with Crippen LogP contribution in [0.15, 0.2) is 45.7 Å². The van der Waals surface area contributed by atoms with Gasteiger partial charge in [-0.1, -0.05) is 36.1 Å². The zero-order valence-corrected chi connectivity index (χ0v) is 15.3. The van der Waals surface area contributed by atoms with Crippen molar-refractivity contribution in [2.75, 3.05) is 13.7 Å². The van der Waals surface area contributed by atoms with E-state index < -0.39 is 0 Å². The van der Waals surface area contributed by atoms with E-state index in [0.29, 0.717) is 32.9 Å². The van der Waals surface area contributed by atoms with Gasteiger partial charge < -0.3 is 9.15 Å². The van der Waals surface area contributed by atoms with Crippen molar-refractivity contribution in [2.45, 2.75) is 6.92 Å². The SMILES string of the molecule is CCN1C(=O)/C(=C\c2ccc(-c3ccc(C(=O)OC)cc3)o2)SC1=S. The maximum atomic E-state index is 12.2. The molecule has 0 spiro atoms. The van der Waals surface area contributed by atoms with Crippen LogP contribution in [-0.2, 0) is 9.53 Å². The fourth-order valence-electron chi connectivity index (χ4n) is 2.38. The van der Waals surface area contributed by atoms with Crippen LogP contribution in [0.5, 0.6) is 0 Å². The molecule has 2 heterocycles. The Balaban J connectivity index is 1.81. The van der Waals surface area contributed by atoms with Crippen LogP contribution < -0.4 is 0 Å². The molecule has 7 heteroatoms. The first kappa shape index (κ1) is 17.4. The molecule has 25 heavy (non-hydrogen) atoms. The highest BCUT2D eigenvalue weighted by Crippen LogP contribution is 2.33. The molecule has 0 N–H and O–H groups in total.